The van der Waals surface area contributed by atoms with Crippen LogP contribution in [0.2, 0.25) is 0 Å². The fourth-order valence-corrected chi connectivity index (χ4v) is 3.45. The number of aryl methyl sites for hydroxylation is 3. The molecule has 0 bridgehead atoms. The highest BCUT2D eigenvalue weighted by atomic mass is 16.1. The van der Waals surface area contributed by atoms with Gasteiger partial charge in [0, 0.05) is 43.2 Å². The van der Waals surface area contributed by atoms with Crippen molar-refractivity contribution in [2.24, 2.45) is 0 Å². The number of Topliss-reactive ketones (excluding diaryl/α,β-unsaturated/α-hetero) is 1. The van der Waals surface area contributed by atoms with E-state index in [0.717, 1.165) is 17.5 Å². The van der Waals surface area contributed by atoms with Crippen LogP contribution in [0.4, 0.5) is 0 Å². The lowest BCUT2D eigenvalue weighted by Crippen LogP contribution is -2.17. The van der Waals surface area contributed by atoms with Crippen LogP contribution in [0, 0.1) is 6.92 Å². The number of pyridine rings is 2. The summed E-state index contributed by atoms with van der Waals surface area (Å²) in [4.78, 5) is 33.5. The van der Waals surface area contributed by atoms with Gasteiger partial charge in [0.05, 0.1) is 5.56 Å². The summed E-state index contributed by atoms with van der Waals surface area (Å²) in [5.41, 5.74) is 4.47. The zero-order valence-corrected chi connectivity index (χ0v) is 17.4. The van der Waals surface area contributed by atoms with Gasteiger partial charge < -0.3 is 0 Å². The minimum Gasteiger partial charge on any atom is -0.300 e. The molecule has 6 nitrogen and oxygen atoms in total. The lowest BCUT2D eigenvalue weighted by Gasteiger charge is -2.05. The van der Waals surface area contributed by atoms with Gasteiger partial charge in [0.1, 0.15) is 5.78 Å². The summed E-state index contributed by atoms with van der Waals surface area (Å²) in [5, 5.41) is 2.97. The standard InChI is InChI=1S/C25H24N4O2/c1-18-4-6-19(7-5-18)8-10-22(30)11-9-20-12-14-27-24(15-20)29-25(31)23(17-28-29)21-3-2-13-26-16-21/h2-7,12-17,28H,8-11H2,1H3. The molecular weight excluding hydrogens is 388 g/mol. The summed E-state index contributed by atoms with van der Waals surface area (Å²) in [6, 6.07) is 15.7. The predicted octanol–water partition coefficient (Wildman–Crippen LogP) is 4.07. The number of rotatable bonds is 8. The highest BCUT2D eigenvalue weighted by Crippen LogP contribution is 2.15. The van der Waals surface area contributed by atoms with E-state index in [-0.39, 0.29) is 11.3 Å². The Morgan fingerprint density at radius 2 is 1.77 bits per heavy atom. The van der Waals surface area contributed by atoms with E-state index in [1.54, 1.807) is 30.9 Å². The van der Waals surface area contributed by atoms with Crippen LogP contribution < -0.4 is 5.56 Å². The molecule has 0 aliphatic carbocycles. The van der Waals surface area contributed by atoms with Gasteiger partial charge >= 0.3 is 0 Å². The third-order valence-corrected chi connectivity index (χ3v) is 5.29. The highest BCUT2D eigenvalue weighted by molar-refractivity contribution is 5.78. The molecular formula is C25H24N4O2. The average Bonchev–Trinajstić information content (AvgIpc) is 3.19. The van der Waals surface area contributed by atoms with E-state index in [1.807, 2.05) is 18.2 Å². The zero-order valence-electron chi connectivity index (χ0n) is 17.4. The van der Waals surface area contributed by atoms with Crippen LogP contribution in [-0.4, -0.2) is 25.5 Å². The molecule has 4 aromatic rings. The molecule has 0 fully saturated rings. The van der Waals surface area contributed by atoms with Gasteiger partial charge in [0.25, 0.3) is 5.56 Å². The van der Waals surface area contributed by atoms with Gasteiger partial charge in [-0.05, 0) is 49.1 Å². The maximum Gasteiger partial charge on any atom is 0.280 e. The molecule has 3 aromatic heterocycles. The number of nitrogens with one attached hydrogen (secondary N) is 1. The summed E-state index contributed by atoms with van der Waals surface area (Å²) >= 11 is 0. The van der Waals surface area contributed by atoms with Gasteiger partial charge in [0.15, 0.2) is 5.82 Å². The Balaban J connectivity index is 1.40. The van der Waals surface area contributed by atoms with E-state index in [9.17, 15) is 9.59 Å². The van der Waals surface area contributed by atoms with Crippen LogP contribution in [0.25, 0.3) is 16.9 Å². The molecule has 0 amide bonds. The van der Waals surface area contributed by atoms with Crippen molar-refractivity contribution in [3.05, 3.63) is 100 Å². The number of aromatic nitrogens is 4. The first kappa shape index (κ1) is 20.5. The van der Waals surface area contributed by atoms with E-state index >= 15 is 0 Å². The van der Waals surface area contributed by atoms with Gasteiger partial charge in [-0.15, -0.1) is 0 Å². The molecule has 0 saturated heterocycles. The van der Waals surface area contributed by atoms with Crippen molar-refractivity contribution in [3.8, 4) is 16.9 Å². The van der Waals surface area contributed by atoms with Crippen LogP contribution in [0.3, 0.4) is 0 Å². The topological polar surface area (TPSA) is 80.6 Å². The molecule has 6 heteroatoms. The van der Waals surface area contributed by atoms with Crippen LogP contribution in [0.5, 0.6) is 0 Å². The number of H-pyrrole nitrogens is 1. The Hall–Kier alpha value is -3.80. The lowest BCUT2D eigenvalue weighted by molar-refractivity contribution is -0.119. The first-order chi connectivity index (χ1) is 15.1. The minimum atomic E-state index is -0.188. The van der Waals surface area contributed by atoms with E-state index in [4.69, 9.17) is 0 Å². The average molecular weight is 412 g/mol. The van der Waals surface area contributed by atoms with E-state index < -0.39 is 0 Å². The smallest absolute Gasteiger partial charge is 0.280 e. The van der Waals surface area contributed by atoms with Gasteiger partial charge in [-0.25, -0.2) is 9.67 Å². The quantitative estimate of drug-likeness (QED) is 0.473. The van der Waals surface area contributed by atoms with Crippen LogP contribution in [0.1, 0.15) is 29.5 Å². The molecule has 0 aliphatic rings. The van der Waals surface area contributed by atoms with Gasteiger partial charge in [0.2, 0.25) is 0 Å². The van der Waals surface area contributed by atoms with Crippen molar-refractivity contribution in [2.75, 3.05) is 0 Å². The maximum atomic E-state index is 12.8. The van der Waals surface area contributed by atoms with Crippen molar-refractivity contribution in [1.29, 1.82) is 0 Å². The Kier molecular flexibility index (Phi) is 6.17. The van der Waals surface area contributed by atoms with Gasteiger partial charge in [-0.3, -0.25) is 19.7 Å². The molecule has 0 saturated carbocycles. The minimum absolute atomic E-state index is 0.188. The molecule has 0 radical (unpaired) electrons. The number of carbonyl (C=O) groups is 1. The zero-order chi connectivity index (χ0) is 21.6. The molecule has 1 N–H and O–H groups in total. The van der Waals surface area contributed by atoms with E-state index in [1.165, 1.54) is 15.8 Å². The Labute approximate surface area is 180 Å². The third-order valence-electron chi connectivity index (χ3n) is 5.29. The van der Waals surface area contributed by atoms with Crippen molar-refractivity contribution in [2.45, 2.75) is 32.6 Å². The van der Waals surface area contributed by atoms with Crippen LogP contribution in [-0.2, 0) is 17.6 Å². The normalized spacial score (nSPS) is 10.9. The third kappa shape index (κ3) is 5.04. The summed E-state index contributed by atoms with van der Waals surface area (Å²) in [6.45, 7) is 2.05. The molecule has 0 spiro atoms. The van der Waals surface area contributed by atoms with Crippen molar-refractivity contribution in [1.82, 2.24) is 19.7 Å². The molecule has 0 unspecified atom stereocenters. The van der Waals surface area contributed by atoms with Gasteiger partial charge in [-0.2, -0.15) is 0 Å². The number of nitrogens with zero attached hydrogens (tertiary/aromatic N) is 3. The van der Waals surface area contributed by atoms with Crippen molar-refractivity contribution in [3.63, 3.8) is 0 Å². The predicted molar refractivity (Wildman–Crippen MR) is 120 cm³/mol. The molecule has 31 heavy (non-hydrogen) atoms. The Morgan fingerprint density at radius 3 is 2.52 bits per heavy atom. The monoisotopic (exact) mass is 412 g/mol. The van der Waals surface area contributed by atoms with Gasteiger partial charge in [-0.1, -0.05) is 35.9 Å². The molecule has 4 rings (SSSR count). The fourth-order valence-electron chi connectivity index (χ4n) is 3.45. The van der Waals surface area contributed by atoms with E-state index in [0.29, 0.717) is 30.6 Å². The molecule has 0 aliphatic heterocycles. The maximum absolute atomic E-state index is 12.8. The number of hydrogen-bond donors (Lipinski definition) is 1. The Morgan fingerprint density at radius 1 is 1.00 bits per heavy atom. The number of ketones is 1. The second-order valence-corrected chi connectivity index (χ2v) is 7.62. The summed E-state index contributed by atoms with van der Waals surface area (Å²) in [5.74, 6) is 0.736. The molecule has 1 aromatic carbocycles. The number of hydrogen-bond acceptors (Lipinski definition) is 4. The highest BCUT2D eigenvalue weighted by Gasteiger charge is 2.12. The van der Waals surface area contributed by atoms with Crippen LogP contribution in [0.15, 0.2) is 78.1 Å². The number of aromatic amines is 1. The fraction of sp³-hybridized carbons (Fsp3) is 0.200. The van der Waals surface area contributed by atoms with E-state index in [2.05, 4.69) is 46.3 Å². The second-order valence-electron chi connectivity index (χ2n) is 7.62. The largest absolute Gasteiger partial charge is 0.300 e. The summed E-state index contributed by atoms with van der Waals surface area (Å²) < 4.78 is 1.41. The number of benzene rings is 1. The van der Waals surface area contributed by atoms with Crippen molar-refractivity contribution >= 4 is 5.78 Å². The second kappa shape index (κ2) is 9.34. The van der Waals surface area contributed by atoms with Crippen molar-refractivity contribution < 1.29 is 4.79 Å². The summed E-state index contributed by atoms with van der Waals surface area (Å²) in [6.07, 6.45) is 9.02. The first-order valence-electron chi connectivity index (χ1n) is 10.3. The Bertz CT molecular complexity index is 1220. The van der Waals surface area contributed by atoms with Crippen LogP contribution >= 0.6 is 0 Å². The summed E-state index contributed by atoms with van der Waals surface area (Å²) in [7, 11) is 0. The SMILES string of the molecule is Cc1ccc(CCC(=O)CCc2ccnc(-n3[nH]cc(-c4cccnc4)c3=O)c2)cc1. The molecule has 3 heterocycles. The molecule has 156 valence electrons. The number of carbonyl (C=O) groups excluding carboxylic acids is 1. The first-order valence-corrected chi connectivity index (χ1v) is 10.3. The molecule has 0 atom stereocenters. The lowest BCUT2D eigenvalue weighted by atomic mass is 10.0.